The molecule has 200 valence electrons. The monoisotopic (exact) mass is 623 g/mol. The summed E-state index contributed by atoms with van der Waals surface area (Å²) in [4.78, 5) is 18.8. The maximum absolute atomic E-state index is 12.1. The molecule has 0 unspecified atom stereocenters. The van der Waals surface area contributed by atoms with Gasteiger partial charge in [0.15, 0.2) is 5.11 Å². The number of aryl methyl sites for hydroxylation is 1. The molecule has 1 fully saturated rings. The van der Waals surface area contributed by atoms with Crippen LogP contribution in [-0.4, -0.2) is 34.3 Å². The van der Waals surface area contributed by atoms with Gasteiger partial charge in [-0.2, -0.15) is 0 Å². The number of aromatic nitrogens is 2. The fourth-order valence-electron chi connectivity index (χ4n) is 5.11. The number of anilines is 2. The Balaban J connectivity index is 1.62. The third kappa shape index (κ3) is 5.32. The first-order valence-corrected chi connectivity index (χ1v) is 13.9. The van der Waals surface area contributed by atoms with Gasteiger partial charge >= 0.3 is 0 Å². The van der Waals surface area contributed by atoms with E-state index in [2.05, 4.69) is 67.0 Å². The second-order valence-corrected chi connectivity index (χ2v) is 10.9. The number of nitrogens with one attached hydrogen (secondary N) is 2. The minimum Gasteiger partial charge on any atom is -0.375 e. The van der Waals surface area contributed by atoms with Crippen LogP contribution in [-0.2, 0) is 9.53 Å². The van der Waals surface area contributed by atoms with Crippen LogP contribution in [0.1, 0.15) is 34.7 Å². The number of methoxy groups -OCH3 is 1. The molecule has 10 heteroatoms. The van der Waals surface area contributed by atoms with Crippen molar-refractivity contribution in [3.8, 4) is 5.69 Å². The standard InChI is InChI=1S/C29H27BrClN5O2S/c1-17-14-20(18(2)35(17)25-10-5-4-8-21(25)30)28-27(24-9-6-7-13-32-24)34-29(39)36(28)19-11-12-23(22(31)15-19)33-26(37)16-38-3/h4-15,27-28H,16H2,1-3H3,(H,33,37)(H,34,39)/t27-,28+/m1/s1. The van der Waals surface area contributed by atoms with Crippen LogP contribution in [0.2, 0.25) is 5.02 Å². The molecule has 0 radical (unpaired) electrons. The maximum Gasteiger partial charge on any atom is 0.250 e. The maximum atomic E-state index is 12.1. The molecule has 0 spiro atoms. The van der Waals surface area contributed by atoms with Crippen molar-refractivity contribution >= 4 is 62.1 Å². The molecule has 0 bridgehead atoms. The highest BCUT2D eigenvalue weighted by Gasteiger charge is 2.42. The first-order chi connectivity index (χ1) is 18.8. The van der Waals surface area contributed by atoms with Crippen LogP contribution in [0, 0.1) is 13.8 Å². The molecule has 2 aromatic carbocycles. The van der Waals surface area contributed by atoms with Gasteiger partial charge < -0.3 is 24.8 Å². The lowest BCUT2D eigenvalue weighted by Gasteiger charge is -2.28. The van der Waals surface area contributed by atoms with Crippen LogP contribution in [0.4, 0.5) is 11.4 Å². The lowest BCUT2D eigenvalue weighted by atomic mass is 9.96. The van der Waals surface area contributed by atoms with E-state index in [1.54, 1.807) is 12.3 Å². The van der Waals surface area contributed by atoms with Gasteiger partial charge in [0.05, 0.1) is 34.2 Å². The van der Waals surface area contributed by atoms with Crippen molar-refractivity contribution in [1.29, 1.82) is 0 Å². The van der Waals surface area contributed by atoms with Crippen LogP contribution in [0.3, 0.4) is 0 Å². The first-order valence-electron chi connectivity index (χ1n) is 12.3. The van der Waals surface area contributed by atoms with E-state index in [0.29, 0.717) is 15.8 Å². The second kappa shape index (κ2) is 11.5. The lowest BCUT2D eigenvalue weighted by molar-refractivity contribution is -0.119. The number of para-hydroxylation sites is 1. The number of hydrogen-bond donors (Lipinski definition) is 2. The van der Waals surface area contributed by atoms with Crippen LogP contribution in [0.15, 0.2) is 77.4 Å². The summed E-state index contributed by atoms with van der Waals surface area (Å²) < 4.78 is 8.17. The summed E-state index contributed by atoms with van der Waals surface area (Å²) in [5.74, 6) is -0.280. The highest BCUT2D eigenvalue weighted by atomic mass is 79.9. The second-order valence-electron chi connectivity index (χ2n) is 9.26. The Labute approximate surface area is 246 Å². The number of rotatable bonds is 7. The largest absolute Gasteiger partial charge is 0.375 e. The fourth-order valence-corrected chi connectivity index (χ4v) is 6.14. The number of pyridine rings is 1. The number of benzene rings is 2. The van der Waals surface area contributed by atoms with Gasteiger partial charge in [-0.05, 0) is 96.1 Å². The van der Waals surface area contributed by atoms with Crippen molar-refractivity contribution in [1.82, 2.24) is 14.9 Å². The quantitative estimate of drug-likeness (QED) is 0.224. The van der Waals surface area contributed by atoms with Gasteiger partial charge in [0.1, 0.15) is 6.61 Å². The Morgan fingerprint density at radius 2 is 1.92 bits per heavy atom. The Morgan fingerprint density at radius 1 is 1.15 bits per heavy atom. The molecule has 1 amide bonds. The Kier molecular flexibility index (Phi) is 8.04. The molecule has 1 saturated heterocycles. The molecule has 7 nitrogen and oxygen atoms in total. The van der Waals surface area contributed by atoms with E-state index < -0.39 is 0 Å². The van der Waals surface area contributed by atoms with Crippen molar-refractivity contribution in [2.45, 2.75) is 25.9 Å². The number of halogens is 2. The molecule has 5 rings (SSSR count). The van der Waals surface area contributed by atoms with E-state index in [-0.39, 0.29) is 24.6 Å². The van der Waals surface area contributed by atoms with Crippen molar-refractivity contribution in [3.63, 3.8) is 0 Å². The number of hydrogen-bond acceptors (Lipinski definition) is 4. The summed E-state index contributed by atoms with van der Waals surface area (Å²) in [7, 11) is 1.47. The molecule has 0 saturated carbocycles. The molecule has 4 aromatic rings. The Bertz CT molecular complexity index is 1540. The van der Waals surface area contributed by atoms with E-state index in [0.717, 1.165) is 38.5 Å². The van der Waals surface area contributed by atoms with Gasteiger partial charge in [-0.1, -0.05) is 29.8 Å². The van der Waals surface area contributed by atoms with Gasteiger partial charge in [-0.15, -0.1) is 0 Å². The summed E-state index contributed by atoms with van der Waals surface area (Å²) in [6.07, 6.45) is 1.79. The third-order valence-corrected chi connectivity index (χ3v) is 8.06. The Morgan fingerprint density at radius 3 is 2.62 bits per heavy atom. The molecule has 0 aliphatic carbocycles. The molecular weight excluding hydrogens is 598 g/mol. The normalized spacial score (nSPS) is 16.8. The molecule has 1 aliphatic heterocycles. The van der Waals surface area contributed by atoms with Gasteiger partial charge in [0.2, 0.25) is 5.91 Å². The van der Waals surface area contributed by atoms with Gasteiger partial charge in [-0.3, -0.25) is 9.78 Å². The molecule has 39 heavy (non-hydrogen) atoms. The van der Waals surface area contributed by atoms with Crippen LogP contribution in [0.25, 0.3) is 5.69 Å². The summed E-state index contributed by atoms with van der Waals surface area (Å²) in [5, 5.41) is 7.25. The highest BCUT2D eigenvalue weighted by Crippen LogP contribution is 2.45. The van der Waals surface area contributed by atoms with E-state index in [1.807, 2.05) is 48.5 Å². The van der Waals surface area contributed by atoms with Crippen molar-refractivity contribution in [2.75, 3.05) is 23.9 Å². The van der Waals surface area contributed by atoms with Crippen molar-refractivity contribution < 1.29 is 9.53 Å². The fraction of sp³-hybridized carbons (Fsp3) is 0.207. The average molecular weight is 625 g/mol. The van der Waals surface area contributed by atoms with Crippen LogP contribution < -0.4 is 15.5 Å². The van der Waals surface area contributed by atoms with Crippen LogP contribution >= 0.6 is 39.7 Å². The predicted molar refractivity (Wildman–Crippen MR) is 163 cm³/mol. The predicted octanol–water partition coefficient (Wildman–Crippen LogP) is 6.67. The SMILES string of the molecule is COCC(=O)Nc1ccc(N2C(=S)N[C@H](c3ccccn3)[C@@H]2c2cc(C)n(-c3ccccc3Br)c2C)cc1Cl. The van der Waals surface area contributed by atoms with Crippen molar-refractivity contribution in [3.05, 3.63) is 105 Å². The zero-order valence-corrected chi connectivity index (χ0v) is 24.8. The first kappa shape index (κ1) is 27.3. The topological polar surface area (TPSA) is 71.4 Å². The van der Waals surface area contributed by atoms with Gasteiger partial charge in [-0.25, -0.2) is 0 Å². The van der Waals surface area contributed by atoms with Crippen molar-refractivity contribution in [2.24, 2.45) is 0 Å². The number of nitrogens with zero attached hydrogens (tertiary/aromatic N) is 3. The Hall–Kier alpha value is -3.24. The molecule has 2 aromatic heterocycles. The smallest absolute Gasteiger partial charge is 0.250 e. The third-order valence-electron chi connectivity index (χ3n) is 6.76. The van der Waals surface area contributed by atoms with Gasteiger partial charge in [0, 0.05) is 34.9 Å². The number of ether oxygens (including phenoxy) is 1. The number of thiocarbonyl (C=S) groups is 1. The molecule has 1 aliphatic rings. The minimum atomic E-state index is -0.280. The van der Waals surface area contributed by atoms with E-state index in [1.165, 1.54) is 7.11 Å². The van der Waals surface area contributed by atoms with Gasteiger partial charge in [0.25, 0.3) is 0 Å². The average Bonchev–Trinajstić information content (AvgIpc) is 3.41. The molecule has 3 heterocycles. The zero-order valence-electron chi connectivity index (χ0n) is 21.6. The lowest BCUT2D eigenvalue weighted by Crippen LogP contribution is -2.29. The summed E-state index contributed by atoms with van der Waals surface area (Å²) in [6.45, 7) is 4.17. The molecular formula is C29H27BrClN5O2S. The van der Waals surface area contributed by atoms with E-state index in [4.69, 9.17) is 28.6 Å². The van der Waals surface area contributed by atoms with E-state index in [9.17, 15) is 4.79 Å². The number of carbonyl (C=O) groups is 1. The number of carbonyl (C=O) groups excluding carboxylic acids is 1. The molecule has 2 N–H and O–H groups in total. The summed E-state index contributed by atoms with van der Waals surface area (Å²) in [6, 6.07) is 21.4. The highest BCUT2D eigenvalue weighted by molar-refractivity contribution is 9.10. The number of amides is 1. The summed E-state index contributed by atoms with van der Waals surface area (Å²) in [5.41, 5.74) is 6.55. The minimum absolute atomic E-state index is 0.0564. The van der Waals surface area contributed by atoms with Crippen LogP contribution in [0.5, 0.6) is 0 Å². The summed E-state index contributed by atoms with van der Waals surface area (Å²) >= 11 is 16.3. The molecule has 2 atom stereocenters. The zero-order chi connectivity index (χ0) is 27.7. The van der Waals surface area contributed by atoms with E-state index >= 15 is 0 Å².